The summed E-state index contributed by atoms with van der Waals surface area (Å²) in [5.41, 5.74) is 8.82. The molecule has 2 heterocycles. The van der Waals surface area contributed by atoms with Gasteiger partial charge in [-0.05, 0) is 43.2 Å². The van der Waals surface area contributed by atoms with Gasteiger partial charge in [0.15, 0.2) is 0 Å². The lowest BCUT2D eigenvalue weighted by molar-refractivity contribution is -0.133. The van der Waals surface area contributed by atoms with Crippen LogP contribution >= 0.6 is 0 Å². The van der Waals surface area contributed by atoms with Crippen LogP contribution in [0.1, 0.15) is 37.8 Å². The molecule has 0 aromatic heterocycles. The Bertz CT molecular complexity index is 881. The van der Waals surface area contributed by atoms with Crippen LogP contribution < -0.4 is 25.2 Å². The molecule has 2 saturated heterocycles. The number of methoxy groups -OCH3 is 1. The van der Waals surface area contributed by atoms with Gasteiger partial charge in [0, 0.05) is 37.4 Å². The summed E-state index contributed by atoms with van der Waals surface area (Å²) >= 11 is 0. The van der Waals surface area contributed by atoms with Crippen LogP contribution in [0, 0.1) is 0 Å². The Balaban J connectivity index is 1.31. The molecule has 2 fully saturated rings. The van der Waals surface area contributed by atoms with Gasteiger partial charge in [0.05, 0.1) is 19.8 Å². The zero-order valence-corrected chi connectivity index (χ0v) is 19.0. The summed E-state index contributed by atoms with van der Waals surface area (Å²) in [6.45, 7) is 5.99. The minimum Gasteiger partial charge on any atom is -0.497 e. The van der Waals surface area contributed by atoms with E-state index in [1.54, 1.807) is 7.11 Å². The standard InChI is InChI=1S/C25H34N4O3/c1-3-4-17-32-24-8-6-5-7-21(24)22-18-23(27-26-22)25(30)29-15-13-28(14-16-29)19-9-11-20(31-2)12-10-19/h5-12,22-23,26-27H,3-4,13-18H2,1-2H3. The minimum atomic E-state index is -0.226. The van der Waals surface area contributed by atoms with Gasteiger partial charge in [0.25, 0.3) is 0 Å². The number of carbonyl (C=O) groups is 1. The number of carbonyl (C=O) groups excluding carboxylic acids is 1. The van der Waals surface area contributed by atoms with Gasteiger partial charge in [-0.3, -0.25) is 4.79 Å². The molecule has 2 N–H and O–H groups in total. The van der Waals surface area contributed by atoms with Crippen molar-refractivity contribution in [2.45, 2.75) is 38.3 Å². The largest absolute Gasteiger partial charge is 0.497 e. The van der Waals surface area contributed by atoms with E-state index in [4.69, 9.17) is 9.47 Å². The fourth-order valence-electron chi connectivity index (χ4n) is 4.35. The third-order valence-corrected chi connectivity index (χ3v) is 6.28. The monoisotopic (exact) mass is 438 g/mol. The molecule has 0 bridgehead atoms. The second-order valence-corrected chi connectivity index (χ2v) is 8.38. The molecule has 2 aliphatic heterocycles. The third kappa shape index (κ3) is 5.16. The molecule has 0 spiro atoms. The summed E-state index contributed by atoms with van der Waals surface area (Å²) in [6, 6.07) is 16.1. The van der Waals surface area contributed by atoms with Crippen molar-refractivity contribution in [1.29, 1.82) is 0 Å². The molecule has 4 rings (SSSR count). The van der Waals surface area contributed by atoms with Crippen molar-refractivity contribution in [3.8, 4) is 11.5 Å². The van der Waals surface area contributed by atoms with Crippen LogP contribution in [0.2, 0.25) is 0 Å². The quantitative estimate of drug-likeness (QED) is 0.618. The highest BCUT2D eigenvalue weighted by molar-refractivity contribution is 5.82. The first kappa shape index (κ1) is 22.4. The second-order valence-electron chi connectivity index (χ2n) is 8.38. The van der Waals surface area contributed by atoms with E-state index in [0.29, 0.717) is 13.0 Å². The number of ether oxygens (including phenoxy) is 2. The molecule has 7 nitrogen and oxygen atoms in total. The van der Waals surface area contributed by atoms with E-state index in [-0.39, 0.29) is 18.0 Å². The summed E-state index contributed by atoms with van der Waals surface area (Å²) in [6.07, 6.45) is 2.85. The predicted octanol–water partition coefficient (Wildman–Crippen LogP) is 3.13. The molecule has 0 saturated carbocycles. The Labute approximate surface area is 190 Å². The first-order chi connectivity index (χ1) is 15.7. The first-order valence-corrected chi connectivity index (χ1v) is 11.6. The number of para-hydroxylation sites is 1. The number of hydrogen-bond acceptors (Lipinski definition) is 6. The van der Waals surface area contributed by atoms with Gasteiger partial charge in [-0.2, -0.15) is 0 Å². The van der Waals surface area contributed by atoms with E-state index < -0.39 is 0 Å². The maximum atomic E-state index is 13.2. The number of piperazine rings is 1. The van der Waals surface area contributed by atoms with Crippen LogP contribution in [0.25, 0.3) is 0 Å². The number of anilines is 1. The molecule has 2 aromatic carbocycles. The van der Waals surface area contributed by atoms with Gasteiger partial charge in [0.1, 0.15) is 17.5 Å². The van der Waals surface area contributed by atoms with E-state index in [1.807, 2.05) is 35.2 Å². The highest BCUT2D eigenvalue weighted by atomic mass is 16.5. The molecule has 32 heavy (non-hydrogen) atoms. The Kier molecular flexibility index (Phi) is 7.50. The number of nitrogens with zero attached hydrogens (tertiary/aromatic N) is 2. The number of amides is 1. The number of rotatable bonds is 8. The van der Waals surface area contributed by atoms with Gasteiger partial charge in [-0.25, -0.2) is 10.9 Å². The lowest BCUT2D eigenvalue weighted by Gasteiger charge is -2.37. The van der Waals surface area contributed by atoms with Crippen molar-refractivity contribution < 1.29 is 14.3 Å². The van der Waals surface area contributed by atoms with E-state index in [2.05, 4.69) is 40.9 Å². The molecule has 0 aliphatic carbocycles. The number of hydrazine groups is 1. The van der Waals surface area contributed by atoms with Crippen LogP contribution in [0.3, 0.4) is 0 Å². The minimum absolute atomic E-state index is 0.0577. The molecular weight excluding hydrogens is 404 g/mol. The summed E-state index contributed by atoms with van der Waals surface area (Å²) in [5.74, 6) is 1.93. The maximum absolute atomic E-state index is 13.2. The molecule has 7 heteroatoms. The molecule has 172 valence electrons. The summed E-state index contributed by atoms with van der Waals surface area (Å²) in [5, 5.41) is 0. The zero-order valence-electron chi connectivity index (χ0n) is 19.0. The Morgan fingerprint density at radius 2 is 1.78 bits per heavy atom. The highest BCUT2D eigenvalue weighted by Crippen LogP contribution is 2.31. The average molecular weight is 439 g/mol. The lowest BCUT2D eigenvalue weighted by atomic mass is 10.0. The smallest absolute Gasteiger partial charge is 0.241 e. The van der Waals surface area contributed by atoms with Gasteiger partial charge in [-0.1, -0.05) is 31.5 Å². The fraction of sp³-hybridized carbons (Fsp3) is 0.480. The van der Waals surface area contributed by atoms with Crippen molar-refractivity contribution in [2.24, 2.45) is 0 Å². The Morgan fingerprint density at radius 3 is 2.50 bits per heavy atom. The summed E-state index contributed by atoms with van der Waals surface area (Å²) < 4.78 is 11.2. The lowest BCUT2D eigenvalue weighted by Crippen LogP contribution is -2.53. The molecule has 2 unspecified atom stereocenters. The van der Waals surface area contributed by atoms with Gasteiger partial charge >= 0.3 is 0 Å². The van der Waals surface area contributed by atoms with Crippen LogP contribution in [-0.2, 0) is 4.79 Å². The van der Waals surface area contributed by atoms with Crippen molar-refractivity contribution >= 4 is 11.6 Å². The van der Waals surface area contributed by atoms with E-state index in [0.717, 1.165) is 56.1 Å². The van der Waals surface area contributed by atoms with Crippen molar-refractivity contribution in [1.82, 2.24) is 15.8 Å². The van der Waals surface area contributed by atoms with Crippen molar-refractivity contribution in [3.63, 3.8) is 0 Å². The maximum Gasteiger partial charge on any atom is 0.241 e. The van der Waals surface area contributed by atoms with Crippen LogP contribution in [0.15, 0.2) is 48.5 Å². The number of unbranched alkanes of at least 4 members (excludes halogenated alkanes) is 1. The van der Waals surface area contributed by atoms with Crippen LogP contribution in [0.4, 0.5) is 5.69 Å². The number of hydrogen-bond donors (Lipinski definition) is 2. The topological polar surface area (TPSA) is 66.1 Å². The third-order valence-electron chi connectivity index (χ3n) is 6.28. The SMILES string of the molecule is CCCCOc1ccccc1C1CC(C(=O)N2CCN(c3ccc(OC)cc3)CC2)NN1. The number of benzene rings is 2. The second kappa shape index (κ2) is 10.7. The molecule has 1 amide bonds. The van der Waals surface area contributed by atoms with Crippen molar-refractivity contribution in [3.05, 3.63) is 54.1 Å². The predicted molar refractivity (Wildman–Crippen MR) is 126 cm³/mol. The van der Waals surface area contributed by atoms with Crippen LogP contribution in [-0.4, -0.2) is 56.7 Å². The van der Waals surface area contributed by atoms with E-state index in [1.165, 1.54) is 5.69 Å². The molecule has 2 aliphatic rings. The van der Waals surface area contributed by atoms with Crippen LogP contribution in [0.5, 0.6) is 11.5 Å². The molecule has 0 radical (unpaired) electrons. The Hall–Kier alpha value is -2.77. The van der Waals surface area contributed by atoms with Gasteiger partial charge < -0.3 is 19.3 Å². The van der Waals surface area contributed by atoms with E-state index >= 15 is 0 Å². The Morgan fingerprint density at radius 1 is 1.03 bits per heavy atom. The molecule has 2 atom stereocenters. The molecule has 2 aromatic rings. The average Bonchev–Trinajstić information content (AvgIpc) is 3.34. The van der Waals surface area contributed by atoms with E-state index in [9.17, 15) is 4.79 Å². The summed E-state index contributed by atoms with van der Waals surface area (Å²) in [7, 11) is 1.67. The highest BCUT2D eigenvalue weighted by Gasteiger charge is 2.35. The number of nitrogens with one attached hydrogen (secondary N) is 2. The first-order valence-electron chi connectivity index (χ1n) is 11.6. The fourth-order valence-corrected chi connectivity index (χ4v) is 4.35. The van der Waals surface area contributed by atoms with Gasteiger partial charge in [0.2, 0.25) is 5.91 Å². The normalized spacial score (nSPS) is 20.9. The summed E-state index contributed by atoms with van der Waals surface area (Å²) in [4.78, 5) is 17.5. The van der Waals surface area contributed by atoms with Gasteiger partial charge in [-0.15, -0.1) is 0 Å². The zero-order chi connectivity index (χ0) is 22.3. The molecular formula is C25H34N4O3. The van der Waals surface area contributed by atoms with Crippen molar-refractivity contribution in [2.75, 3.05) is 44.8 Å².